The smallest absolute Gasteiger partial charge is 0.183 e. The van der Waals surface area contributed by atoms with Crippen LogP contribution >= 0.6 is 38.9 Å². The van der Waals surface area contributed by atoms with Gasteiger partial charge in [-0.3, -0.25) is 0 Å². The molecule has 1 heterocycles. The van der Waals surface area contributed by atoms with Gasteiger partial charge < -0.3 is 10.1 Å². The van der Waals surface area contributed by atoms with Crippen molar-refractivity contribution in [2.45, 2.75) is 6.54 Å². The molecule has 0 aliphatic carbocycles. The van der Waals surface area contributed by atoms with Gasteiger partial charge in [0, 0.05) is 22.8 Å². The van der Waals surface area contributed by atoms with E-state index in [9.17, 15) is 0 Å². The molecule has 1 aromatic heterocycles. The van der Waals surface area contributed by atoms with E-state index in [4.69, 9.17) is 16.3 Å². The van der Waals surface area contributed by atoms with Crippen molar-refractivity contribution < 1.29 is 4.74 Å². The molecule has 0 amide bonds. The van der Waals surface area contributed by atoms with Crippen LogP contribution in [0.2, 0.25) is 4.47 Å². The summed E-state index contributed by atoms with van der Waals surface area (Å²) in [5.74, 6) is 0.803. The van der Waals surface area contributed by atoms with Gasteiger partial charge in [0.05, 0.1) is 18.1 Å². The maximum atomic E-state index is 5.76. The van der Waals surface area contributed by atoms with Gasteiger partial charge in [-0.2, -0.15) is 0 Å². The Balaban J connectivity index is 2.04. The summed E-state index contributed by atoms with van der Waals surface area (Å²) >= 11 is 10.6. The number of nitrogens with zero attached hydrogens (tertiary/aromatic N) is 1. The Hall–Kier alpha value is -0.780. The van der Waals surface area contributed by atoms with Crippen LogP contribution in [-0.4, -0.2) is 12.1 Å². The van der Waals surface area contributed by atoms with Crippen LogP contribution in [0, 0.1) is 0 Å². The highest BCUT2D eigenvalue weighted by atomic mass is 79.9. The minimum atomic E-state index is 0.565. The van der Waals surface area contributed by atoms with Crippen molar-refractivity contribution in [3.63, 3.8) is 0 Å². The Morgan fingerprint density at radius 3 is 3.00 bits per heavy atom. The lowest BCUT2D eigenvalue weighted by Crippen LogP contribution is -1.97. The number of ether oxygens (including phenoxy) is 1. The van der Waals surface area contributed by atoms with Gasteiger partial charge in [-0.05, 0) is 28.1 Å². The second kappa shape index (κ2) is 5.71. The zero-order valence-corrected chi connectivity index (χ0v) is 12.2. The third-order valence-electron chi connectivity index (χ3n) is 2.14. The molecular formula is C11H10BrClN2OS. The summed E-state index contributed by atoms with van der Waals surface area (Å²) in [7, 11) is 1.65. The molecule has 0 spiro atoms. The number of rotatable bonds is 4. The SMILES string of the molecule is COc1cc(NCc2cnc(Cl)s2)ccc1Br. The van der Waals surface area contributed by atoms with Crippen molar-refractivity contribution in [2.24, 2.45) is 0 Å². The molecular weight excluding hydrogens is 324 g/mol. The summed E-state index contributed by atoms with van der Waals surface area (Å²) in [4.78, 5) is 5.08. The molecule has 0 unspecified atom stereocenters. The van der Waals surface area contributed by atoms with E-state index in [0.29, 0.717) is 11.0 Å². The van der Waals surface area contributed by atoms with Crippen LogP contribution in [0.4, 0.5) is 5.69 Å². The number of nitrogens with one attached hydrogen (secondary N) is 1. The van der Waals surface area contributed by atoms with Crippen molar-refractivity contribution in [1.82, 2.24) is 4.98 Å². The highest BCUT2D eigenvalue weighted by molar-refractivity contribution is 9.10. The van der Waals surface area contributed by atoms with E-state index in [2.05, 4.69) is 26.2 Å². The predicted octanol–water partition coefficient (Wildman–Crippen LogP) is 4.18. The summed E-state index contributed by atoms with van der Waals surface area (Å²) in [5.41, 5.74) is 0.995. The lowest BCUT2D eigenvalue weighted by atomic mass is 10.3. The van der Waals surface area contributed by atoms with E-state index in [1.165, 1.54) is 11.3 Å². The van der Waals surface area contributed by atoms with Gasteiger partial charge >= 0.3 is 0 Å². The van der Waals surface area contributed by atoms with Crippen molar-refractivity contribution in [3.05, 3.63) is 38.2 Å². The molecule has 3 nitrogen and oxygen atoms in total. The molecule has 0 saturated heterocycles. The largest absolute Gasteiger partial charge is 0.495 e. The zero-order chi connectivity index (χ0) is 12.3. The average Bonchev–Trinajstić information content (AvgIpc) is 2.74. The number of thiazole rings is 1. The highest BCUT2D eigenvalue weighted by Gasteiger charge is 2.03. The topological polar surface area (TPSA) is 34.1 Å². The molecule has 2 aromatic rings. The van der Waals surface area contributed by atoms with Gasteiger partial charge in [0.1, 0.15) is 5.75 Å². The van der Waals surface area contributed by atoms with Crippen molar-refractivity contribution >= 4 is 44.6 Å². The number of hydrogen-bond donors (Lipinski definition) is 1. The molecule has 0 aliphatic heterocycles. The van der Waals surface area contributed by atoms with Gasteiger partial charge in [0.2, 0.25) is 0 Å². The maximum Gasteiger partial charge on any atom is 0.183 e. The Morgan fingerprint density at radius 2 is 2.35 bits per heavy atom. The molecule has 2 rings (SSSR count). The van der Waals surface area contributed by atoms with Gasteiger partial charge in [-0.25, -0.2) is 4.98 Å². The predicted molar refractivity (Wildman–Crippen MR) is 75.1 cm³/mol. The quantitative estimate of drug-likeness (QED) is 0.911. The lowest BCUT2D eigenvalue weighted by Gasteiger charge is -2.08. The minimum absolute atomic E-state index is 0.565. The Morgan fingerprint density at radius 1 is 1.53 bits per heavy atom. The zero-order valence-electron chi connectivity index (χ0n) is 9.04. The van der Waals surface area contributed by atoms with E-state index in [-0.39, 0.29) is 0 Å². The van der Waals surface area contributed by atoms with Gasteiger partial charge in [0.15, 0.2) is 4.47 Å². The van der Waals surface area contributed by atoms with Crippen LogP contribution < -0.4 is 10.1 Å². The van der Waals surface area contributed by atoms with E-state index < -0.39 is 0 Å². The fraction of sp³-hybridized carbons (Fsp3) is 0.182. The monoisotopic (exact) mass is 332 g/mol. The normalized spacial score (nSPS) is 10.3. The first-order valence-corrected chi connectivity index (χ1v) is 6.85. The van der Waals surface area contributed by atoms with Crippen LogP contribution in [0.25, 0.3) is 0 Å². The average molecular weight is 334 g/mol. The van der Waals surface area contributed by atoms with E-state index >= 15 is 0 Å². The fourth-order valence-electron chi connectivity index (χ4n) is 1.32. The first kappa shape index (κ1) is 12.7. The molecule has 0 atom stereocenters. The molecule has 0 bridgehead atoms. The first-order valence-electron chi connectivity index (χ1n) is 4.86. The van der Waals surface area contributed by atoms with Gasteiger partial charge in [-0.15, -0.1) is 11.3 Å². The second-order valence-electron chi connectivity index (χ2n) is 3.28. The molecule has 6 heteroatoms. The summed E-state index contributed by atoms with van der Waals surface area (Å²) in [6, 6.07) is 5.86. The molecule has 0 fully saturated rings. The molecule has 0 aliphatic rings. The second-order valence-corrected chi connectivity index (χ2v) is 5.83. The number of anilines is 1. The lowest BCUT2D eigenvalue weighted by molar-refractivity contribution is 0.412. The minimum Gasteiger partial charge on any atom is -0.495 e. The summed E-state index contributed by atoms with van der Waals surface area (Å²) in [5, 5.41) is 3.29. The highest BCUT2D eigenvalue weighted by Crippen LogP contribution is 2.28. The third-order valence-corrected chi connectivity index (χ3v) is 3.91. The van der Waals surface area contributed by atoms with Crippen LogP contribution in [0.15, 0.2) is 28.9 Å². The molecule has 1 N–H and O–H groups in total. The molecule has 0 saturated carbocycles. The van der Waals surface area contributed by atoms with Gasteiger partial charge in [-0.1, -0.05) is 11.6 Å². The van der Waals surface area contributed by atoms with Crippen LogP contribution in [0.1, 0.15) is 4.88 Å². The number of benzene rings is 1. The molecule has 1 aromatic carbocycles. The maximum absolute atomic E-state index is 5.76. The van der Waals surface area contributed by atoms with E-state index in [1.807, 2.05) is 18.2 Å². The Labute approximate surface area is 117 Å². The number of halogens is 2. The standard InChI is InChI=1S/C11H10BrClN2OS/c1-16-10-4-7(2-3-9(10)12)14-5-8-6-15-11(13)17-8/h2-4,6,14H,5H2,1H3. The first-order chi connectivity index (χ1) is 8.19. The van der Waals surface area contributed by atoms with Crippen LogP contribution in [0.3, 0.4) is 0 Å². The van der Waals surface area contributed by atoms with Gasteiger partial charge in [0.25, 0.3) is 0 Å². The Bertz CT molecular complexity index is 518. The number of methoxy groups -OCH3 is 1. The van der Waals surface area contributed by atoms with Crippen LogP contribution in [-0.2, 0) is 6.54 Å². The van der Waals surface area contributed by atoms with E-state index in [0.717, 1.165) is 20.8 Å². The number of aromatic nitrogens is 1. The third kappa shape index (κ3) is 3.34. The van der Waals surface area contributed by atoms with Crippen molar-refractivity contribution in [3.8, 4) is 5.75 Å². The Kier molecular flexibility index (Phi) is 4.25. The molecule has 90 valence electrons. The molecule has 17 heavy (non-hydrogen) atoms. The summed E-state index contributed by atoms with van der Waals surface area (Å²) in [6.07, 6.45) is 1.77. The number of hydrogen-bond acceptors (Lipinski definition) is 4. The van der Waals surface area contributed by atoms with Crippen LogP contribution in [0.5, 0.6) is 5.75 Å². The van der Waals surface area contributed by atoms with E-state index in [1.54, 1.807) is 13.3 Å². The molecule has 0 radical (unpaired) electrons. The van der Waals surface area contributed by atoms with Crippen molar-refractivity contribution in [2.75, 3.05) is 12.4 Å². The van der Waals surface area contributed by atoms with Crippen molar-refractivity contribution in [1.29, 1.82) is 0 Å². The fourth-order valence-corrected chi connectivity index (χ4v) is 2.65. The summed E-state index contributed by atoms with van der Waals surface area (Å²) in [6.45, 7) is 0.704. The summed E-state index contributed by atoms with van der Waals surface area (Å²) < 4.78 is 6.73.